The summed E-state index contributed by atoms with van der Waals surface area (Å²) in [6.45, 7) is 5.21. The van der Waals surface area contributed by atoms with Gasteiger partial charge in [-0.25, -0.2) is 0 Å². The molecule has 1 fully saturated rings. The molecular weight excluding hydrogens is 188 g/mol. The van der Waals surface area contributed by atoms with Crippen LogP contribution < -0.4 is 4.74 Å². The normalized spacial score (nSPS) is 20.9. The zero-order chi connectivity index (χ0) is 10.7. The molecule has 1 aromatic carbocycles. The van der Waals surface area contributed by atoms with E-state index in [-0.39, 0.29) is 6.29 Å². The average molecular weight is 206 g/mol. The quantitative estimate of drug-likeness (QED) is 0.755. The maximum atomic E-state index is 5.69. The highest BCUT2D eigenvalue weighted by Crippen LogP contribution is 2.22. The van der Waals surface area contributed by atoms with E-state index in [9.17, 15) is 0 Å². The fourth-order valence-corrected chi connectivity index (χ4v) is 1.72. The molecule has 1 saturated heterocycles. The Labute approximate surface area is 91.2 Å². The first-order valence-corrected chi connectivity index (χ1v) is 5.64. The van der Waals surface area contributed by atoms with Crippen LogP contribution in [0.4, 0.5) is 0 Å². The zero-order valence-corrected chi connectivity index (χ0v) is 9.40. The van der Waals surface area contributed by atoms with Crippen LogP contribution in [0, 0.1) is 0 Å². The highest BCUT2D eigenvalue weighted by atomic mass is 16.7. The van der Waals surface area contributed by atoms with Gasteiger partial charge in [0.15, 0.2) is 6.29 Å². The molecular formula is C13H18O2. The van der Waals surface area contributed by atoms with Gasteiger partial charge in [0.05, 0.1) is 6.61 Å². The number of hydrogen-bond acceptors (Lipinski definition) is 2. The summed E-state index contributed by atoms with van der Waals surface area (Å²) in [5, 5.41) is 0. The molecule has 1 aliphatic rings. The van der Waals surface area contributed by atoms with Gasteiger partial charge in [0.1, 0.15) is 5.75 Å². The molecule has 1 unspecified atom stereocenters. The summed E-state index contributed by atoms with van der Waals surface area (Å²) in [5.41, 5.74) is 1.34. The minimum Gasteiger partial charge on any atom is -0.465 e. The second-order valence-electron chi connectivity index (χ2n) is 4.28. The van der Waals surface area contributed by atoms with Crippen LogP contribution in [0.25, 0.3) is 0 Å². The Hall–Kier alpha value is -1.02. The van der Waals surface area contributed by atoms with Crippen LogP contribution in [0.15, 0.2) is 24.3 Å². The maximum Gasteiger partial charge on any atom is 0.199 e. The third-order valence-corrected chi connectivity index (χ3v) is 2.70. The Balaban J connectivity index is 1.97. The van der Waals surface area contributed by atoms with Gasteiger partial charge in [0, 0.05) is 6.42 Å². The topological polar surface area (TPSA) is 18.5 Å². The van der Waals surface area contributed by atoms with Crippen LogP contribution in [0.2, 0.25) is 0 Å². The maximum absolute atomic E-state index is 5.69. The van der Waals surface area contributed by atoms with Crippen molar-refractivity contribution in [3.8, 4) is 5.75 Å². The molecule has 0 amide bonds. The van der Waals surface area contributed by atoms with Crippen LogP contribution in [-0.4, -0.2) is 12.9 Å². The van der Waals surface area contributed by atoms with Gasteiger partial charge in [-0.2, -0.15) is 0 Å². The Kier molecular flexibility index (Phi) is 3.27. The van der Waals surface area contributed by atoms with E-state index >= 15 is 0 Å². The lowest BCUT2D eigenvalue weighted by molar-refractivity contribution is -0.0390. The van der Waals surface area contributed by atoms with Crippen molar-refractivity contribution < 1.29 is 9.47 Å². The molecule has 82 valence electrons. The number of benzene rings is 1. The van der Waals surface area contributed by atoms with Crippen molar-refractivity contribution >= 4 is 0 Å². The predicted molar refractivity (Wildman–Crippen MR) is 60.1 cm³/mol. The summed E-state index contributed by atoms with van der Waals surface area (Å²) < 4.78 is 11.1. The lowest BCUT2D eigenvalue weighted by Gasteiger charge is -2.13. The molecule has 0 spiro atoms. The average Bonchev–Trinajstić information content (AvgIpc) is 2.71. The standard InChI is InChI=1S/C13H18O2/c1-10(2)11-5-7-12(8-6-11)15-13-4-3-9-14-13/h5-8,10,13H,3-4,9H2,1-2H3. The summed E-state index contributed by atoms with van der Waals surface area (Å²) in [4.78, 5) is 0. The van der Waals surface area contributed by atoms with Crippen molar-refractivity contribution in [3.63, 3.8) is 0 Å². The second kappa shape index (κ2) is 4.67. The van der Waals surface area contributed by atoms with E-state index in [1.807, 2.05) is 12.1 Å². The van der Waals surface area contributed by atoms with Crippen molar-refractivity contribution in [2.45, 2.75) is 38.9 Å². The van der Waals surface area contributed by atoms with E-state index < -0.39 is 0 Å². The Bertz CT molecular complexity index is 297. The van der Waals surface area contributed by atoms with Crippen LogP contribution in [0.5, 0.6) is 5.75 Å². The van der Waals surface area contributed by atoms with E-state index in [1.54, 1.807) is 0 Å². The molecule has 0 aromatic heterocycles. The van der Waals surface area contributed by atoms with Gasteiger partial charge in [-0.3, -0.25) is 0 Å². The van der Waals surface area contributed by atoms with Gasteiger partial charge < -0.3 is 9.47 Å². The van der Waals surface area contributed by atoms with Gasteiger partial charge in [-0.05, 0) is 30.0 Å². The first-order chi connectivity index (χ1) is 7.25. The van der Waals surface area contributed by atoms with Gasteiger partial charge in [0.25, 0.3) is 0 Å². The van der Waals surface area contributed by atoms with Crippen LogP contribution in [0.1, 0.15) is 38.2 Å². The van der Waals surface area contributed by atoms with Crippen molar-refractivity contribution in [1.82, 2.24) is 0 Å². The molecule has 1 atom stereocenters. The van der Waals surface area contributed by atoms with Crippen molar-refractivity contribution in [2.75, 3.05) is 6.61 Å². The fourth-order valence-electron chi connectivity index (χ4n) is 1.72. The molecule has 0 radical (unpaired) electrons. The molecule has 2 heteroatoms. The van der Waals surface area contributed by atoms with Crippen molar-refractivity contribution in [1.29, 1.82) is 0 Å². The summed E-state index contributed by atoms with van der Waals surface area (Å²) in [7, 11) is 0. The van der Waals surface area contributed by atoms with Gasteiger partial charge in [0.2, 0.25) is 0 Å². The van der Waals surface area contributed by atoms with Crippen LogP contribution >= 0.6 is 0 Å². The third-order valence-electron chi connectivity index (χ3n) is 2.70. The summed E-state index contributed by atoms with van der Waals surface area (Å²) in [6, 6.07) is 8.29. The Morgan fingerprint density at radius 1 is 1.27 bits per heavy atom. The smallest absolute Gasteiger partial charge is 0.199 e. The Morgan fingerprint density at radius 2 is 2.00 bits per heavy atom. The monoisotopic (exact) mass is 206 g/mol. The number of ether oxygens (including phenoxy) is 2. The molecule has 1 aromatic rings. The SMILES string of the molecule is CC(C)c1ccc(OC2CCCO2)cc1. The van der Waals surface area contributed by atoms with Gasteiger partial charge in [-0.1, -0.05) is 26.0 Å². The molecule has 1 aliphatic heterocycles. The zero-order valence-electron chi connectivity index (χ0n) is 9.40. The van der Waals surface area contributed by atoms with Crippen LogP contribution in [0.3, 0.4) is 0 Å². The van der Waals surface area contributed by atoms with E-state index in [1.165, 1.54) is 5.56 Å². The van der Waals surface area contributed by atoms with E-state index in [0.717, 1.165) is 25.2 Å². The van der Waals surface area contributed by atoms with Gasteiger partial charge in [-0.15, -0.1) is 0 Å². The molecule has 0 aliphatic carbocycles. The van der Waals surface area contributed by atoms with Crippen LogP contribution in [-0.2, 0) is 4.74 Å². The first kappa shape index (κ1) is 10.5. The lowest BCUT2D eigenvalue weighted by Crippen LogP contribution is -2.13. The minimum absolute atomic E-state index is 0.0325. The molecule has 2 rings (SSSR count). The van der Waals surface area contributed by atoms with E-state index in [0.29, 0.717) is 5.92 Å². The molecule has 15 heavy (non-hydrogen) atoms. The molecule has 2 nitrogen and oxygen atoms in total. The molecule has 0 N–H and O–H groups in total. The van der Waals surface area contributed by atoms with Gasteiger partial charge >= 0.3 is 0 Å². The highest BCUT2D eigenvalue weighted by molar-refractivity contribution is 5.28. The molecule has 1 heterocycles. The number of hydrogen-bond donors (Lipinski definition) is 0. The predicted octanol–water partition coefficient (Wildman–Crippen LogP) is 3.33. The minimum atomic E-state index is -0.0325. The van der Waals surface area contributed by atoms with Crippen molar-refractivity contribution in [3.05, 3.63) is 29.8 Å². The largest absolute Gasteiger partial charge is 0.465 e. The van der Waals surface area contributed by atoms with Crippen molar-refractivity contribution in [2.24, 2.45) is 0 Å². The first-order valence-electron chi connectivity index (χ1n) is 5.64. The highest BCUT2D eigenvalue weighted by Gasteiger charge is 2.16. The second-order valence-corrected chi connectivity index (χ2v) is 4.28. The third kappa shape index (κ3) is 2.72. The van der Waals surface area contributed by atoms with E-state index in [2.05, 4.69) is 26.0 Å². The number of rotatable bonds is 3. The summed E-state index contributed by atoms with van der Waals surface area (Å²) >= 11 is 0. The summed E-state index contributed by atoms with van der Waals surface area (Å²) in [6.07, 6.45) is 2.08. The fraction of sp³-hybridized carbons (Fsp3) is 0.538. The van der Waals surface area contributed by atoms with E-state index in [4.69, 9.17) is 9.47 Å². The Morgan fingerprint density at radius 3 is 2.53 bits per heavy atom. The summed E-state index contributed by atoms with van der Waals surface area (Å²) in [5.74, 6) is 1.48. The molecule has 0 bridgehead atoms. The molecule has 0 saturated carbocycles. The lowest BCUT2D eigenvalue weighted by atomic mass is 10.0.